The van der Waals surface area contributed by atoms with Gasteiger partial charge in [-0.2, -0.15) is 5.10 Å². The second-order valence-electron chi connectivity index (χ2n) is 9.95. The molecule has 0 unspecified atom stereocenters. The van der Waals surface area contributed by atoms with E-state index in [1.54, 1.807) is 0 Å². The van der Waals surface area contributed by atoms with Crippen LogP contribution >= 0.6 is 0 Å². The second-order valence-corrected chi connectivity index (χ2v) is 9.95. The third-order valence-electron chi connectivity index (χ3n) is 7.34. The van der Waals surface area contributed by atoms with Crippen LogP contribution in [-0.2, 0) is 13.1 Å². The maximum absolute atomic E-state index is 13.0. The van der Waals surface area contributed by atoms with Crippen molar-refractivity contribution in [1.29, 1.82) is 0 Å². The highest BCUT2D eigenvalue weighted by Crippen LogP contribution is 2.36. The van der Waals surface area contributed by atoms with Gasteiger partial charge in [0.1, 0.15) is 0 Å². The van der Waals surface area contributed by atoms with E-state index in [2.05, 4.69) is 46.3 Å². The molecule has 1 aromatic carbocycles. The fourth-order valence-electron chi connectivity index (χ4n) is 5.34. The van der Waals surface area contributed by atoms with Crippen molar-refractivity contribution in [3.63, 3.8) is 0 Å². The summed E-state index contributed by atoms with van der Waals surface area (Å²) in [4.78, 5) is 19.9. The van der Waals surface area contributed by atoms with Crippen molar-refractivity contribution >= 4 is 5.91 Å². The van der Waals surface area contributed by atoms with Gasteiger partial charge in [-0.1, -0.05) is 31.0 Å². The largest absolute Gasteiger partial charge is 0.334 e. The first-order valence-electron chi connectivity index (χ1n) is 12.1. The molecule has 0 N–H and O–H groups in total. The molecule has 5 nitrogen and oxygen atoms in total. The number of carbonyl (C=O) groups excluding carboxylic acids is 1. The summed E-state index contributed by atoms with van der Waals surface area (Å²) in [7, 11) is 0. The summed E-state index contributed by atoms with van der Waals surface area (Å²) in [6.07, 6.45) is 12.0. The van der Waals surface area contributed by atoms with E-state index in [9.17, 15) is 4.79 Å². The van der Waals surface area contributed by atoms with Crippen LogP contribution in [0.2, 0.25) is 0 Å². The highest BCUT2D eigenvalue weighted by molar-refractivity contribution is 6.00. The fraction of sp³-hybridized carbons (Fsp3) is 0.444. The van der Waals surface area contributed by atoms with Crippen LogP contribution in [0.5, 0.6) is 0 Å². The van der Waals surface area contributed by atoms with E-state index in [0.29, 0.717) is 5.92 Å². The summed E-state index contributed by atoms with van der Waals surface area (Å²) >= 11 is 0. The normalized spacial score (nSPS) is 18.5. The molecule has 0 bridgehead atoms. The van der Waals surface area contributed by atoms with Crippen molar-refractivity contribution in [2.75, 3.05) is 6.54 Å². The van der Waals surface area contributed by atoms with E-state index in [-0.39, 0.29) is 5.91 Å². The number of pyridine rings is 1. The Morgan fingerprint density at radius 3 is 2.56 bits per heavy atom. The van der Waals surface area contributed by atoms with Gasteiger partial charge in [-0.25, -0.2) is 0 Å². The van der Waals surface area contributed by atoms with Crippen molar-refractivity contribution in [3.05, 3.63) is 59.5 Å². The minimum absolute atomic E-state index is 0.173. The number of hydrogen-bond donors (Lipinski definition) is 0. The molecule has 2 saturated carbocycles. The molecule has 1 amide bonds. The SMILES string of the molecule is Cc1ccc(-c2cnn(CC3CCCC3)c2)c(-c2ccc3c(c2)C(=O)N(CC2CC2)C3)n1. The Morgan fingerprint density at radius 1 is 0.938 bits per heavy atom. The number of aryl methyl sites for hydroxylation is 1. The lowest BCUT2D eigenvalue weighted by molar-refractivity contribution is 0.0771. The number of fused-ring (bicyclic) bond motifs is 1. The van der Waals surface area contributed by atoms with Gasteiger partial charge < -0.3 is 4.90 Å². The molecule has 0 atom stereocenters. The predicted molar refractivity (Wildman–Crippen MR) is 125 cm³/mol. The van der Waals surface area contributed by atoms with Crippen LogP contribution in [0.3, 0.4) is 0 Å². The molecule has 32 heavy (non-hydrogen) atoms. The zero-order chi connectivity index (χ0) is 21.7. The molecule has 3 aliphatic rings. The van der Waals surface area contributed by atoms with E-state index >= 15 is 0 Å². The lowest BCUT2D eigenvalue weighted by Crippen LogP contribution is -2.26. The van der Waals surface area contributed by atoms with Crippen LogP contribution in [0.25, 0.3) is 22.4 Å². The molecule has 2 aliphatic carbocycles. The number of aromatic nitrogens is 3. The number of carbonyl (C=O) groups is 1. The molecule has 164 valence electrons. The lowest BCUT2D eigenvalue weighted by Gasteiger charge is -2.14. The highest BCUT2D eigenvalue weighted by Gasteiger charge is 2.33. The average molecular weight is 427 g/mol. The van der Waals surface area contributed by atoms with E-state index in [0.717, 1.165) is 64.8 Å². The van der Waals surface area contributed by atoms with Crippen LogP contribution in [0.4, 0.5) is 0 Å². The van der Waals surface area contributed by atoms with E-state index < -0.39 is 0 Å². The molecule has 0 spiro atoms. The summed E-state index contributed by atoms with van der Waals surface area (Å²) in [6, 6.07) is 10.5. The maximum atomic E-state index is 13.0. The molecule has 3 aromatic rings. The van der Waals surface area contributed by atoms with Crippen molar-refractivity contribution in [1.82, 2.24) is 19.7 Å². The van der Waals surface area contributed by atoms with Crippen molar-refractivity contribution in [2.24, 2.45) is 11.8 Å². The number of benzene rings is 1. The summed E-state index contributed by atoms with van der Waals surface area (Å²) in [5.74, 6) is 1.63. The first kappa shape index (κ1) is 19.7. The van der Waals surface area contributed by atoms with Crippen LogP contribution in [0.15, 0.2) is 42.7 Å². The summed E-state index contributed by atoms with van der Waals surface area (Å²) in [6.45, 7) is 4.66. The standard InChI is InChI=1S/C27H30N4O/c1-18-6-11-24(23-13-28-31(17-23)15-19-4-2-3-5-19)26(29-18)21-9-10-22-16-30(14-20-7-8-20)27(32)25(22)12-21/h6,9-13,17,19-20H,2-5,7-8,14-16H2,1H3. The first-order valence-corrected chi connectivity index (χ1v) is 12.1. The molecule has 2 aromatic heterocycles. The molecular weight excluding hydrogens is 396 g/mol. The Balaban J connectivity index is 1.32. The average Bonchev–Trinajstić information content (AvgIpc) is 3.15. The topological polar surface area (TPSA) is 51.0 Å². The Hall–Kier alpha value is -2.95. The van der Waals surface area contributed by atoms with E-state index in [1.165, 1.54) is 38.5 Å². The second kappa shape index (κ2) is 7.88. The number of amides is 1. The highest BCUT2D eigenvalue weighted by atomic mass is 16.2. The van der Waals surface area contributed by atoms with Gasteiger partial charge in [-0.3, -0.25) is 14.5 Å². The van der Waals surface area contributed by atoms with E-state index in [4.69, 9.17) is 4.98 Å². The maximum Gasteiger partial charge on any atom is 0.254 e. The Bertz CT molecular complexity index is 1170. The predicted octanol–water partition coefficient (Wildman–Crippen LogP) is 5.48. The Morgan fingerprint density at radius 2 is 1.75 bits per heavy atom. The molecule has 2 fully saturated rings. The van der Waals surface area contributed by atoms with Gasteiger partial charge in [0, 0.05) is 53.8 Å². The molecule has 0 radical (unpaired) electrons. The third-order valence-corrected chi connectivity index (χ3v) is 7.34. The molecule has 1 aliphatic heterocycles. The minimum atomic E-state index is 0.173. The zero-order valence-corrected chi connectivity index (χ0v) is 18.8. The van der Waals surface area contributed by atoms with Gasteiger partial charge >= 0.3 is 0 Å². The van der Waals surface area contributed by atoms with Crippen molar-refractivity contribution < 1.29 is 4.79 Å². The van der Waals surface area contributed by atoms with Crippen molar-refractivity contribution in [3.8, 4) is 22.4 Å². The summed E-state index contributed by atoms with van der Waals surface area (Å²) in [5, 5.41) is 4.65. The molecular formula is C27H30N4O. The monoisotopic (exact) mass is 426 g/mol. The molecule has 0 saturated heterocycles. The van der Waals surface area contributed by atoms with Crippen LogP contribution < -0.4 is 0 Å². The van der Waals surface area contributed by atoms with Gasteiger partial charge in [0.05, 0.1) is 11.9 Å². The molecule has 6 rings (SSSR count). The zero-order valence-electron chi connectivity index (χ0n) is 18.8. The third kappa shape index (κ3) is 3.74. The van der Waals surface area contributed by atoms with Gasteiger partial charge in [0.15, 0.2) is 0 Å². The fourth-order valence-corrected chi connectivity index (χ4v) is 5.34. The Kier molecular flexibility index (Phi) is 4.85. The van der Waals surface area contributed by atoms with Crippen LogP contribution in [0, 0.1) is 18.8 Å². The van der Waals surface area contributed by atoms with E-state index in [1.807, 2.05) is 18.0 Å². The number of rotatable bonds is 6. The smallest absolute Gasteiger partial charge is 0.254 e. The Labute approximate surface area is 189 Å². The summed E-state index contributed by atoms with van der Waals surface area (Å²) in [5.41, 5.74) is 7.06. The van der Waals surface area contributed by atoms with Crippen molar-refractivity contribution in [2.45, 2.75) is 58.5 Å². The minimum Gasteiger partial charge on any atom is -0.334 e. The van der Waals surface area contributed by atoms with Gasteiger partial charge in [0.2, 0.25) is 0 Å². The van der Waals surface area contributed by atoms with Crippen LogP contribution in [-0.4, -0.2) is 32.1 Å². The number of nitrogens with zero attached hydrogens (tertiary/aromatic N) is 4. The summed E-state index contributed by atoms with van der Waals surface area (Å²) < 4.78 is 2.09. The molecule has 3 heterocycles. The van der Waals surface area contributed by atoms with Gasteiger partial charge in [0.25, 0.3) is 5.91 Å². The molecule has 5 heteroatoms. The van der Waals surface area contributed by atoms with Crippen LogP contribution in [0.1, 0.15) is 60.1 Å². The number of hydrogen-bond acceptors (Lipinski definition) is 3. The van der Waals surface area contributed by atoms with Gasteiger partial charge in [-0.05, 0) is 62.1 Å². The first-order chi connectivity index (χ1) is 15.6. The quantitative estimate of drug-likeness (QED) is 0.525. The van der Waals surface area contributed by atoms with Gasteiger partial charge in [-0.15, -0.1) is 0 Å². The lowest BCUT2D eigenvalue weighted by atomic mass is 9.98.